The molecule has 2 fully saturated rings. The molecule has 1 saturated heterocycles. The van der Waals surface area contributed by atoms with Gasteiger partial charge in [-0.05, 0) is 42.2 Å². The monoisotopic (exact) mass is 344 g/mol. The smallest absolute Gasteiger partial charge is 0.0404 e. The van der Waals surface area contributed by atoms with E-state index < -0.39 is 0 Å². The Bertz CT molecular complexity index is 432. The number of hydrogen-bond acceptors (Lipinski definition) is 2. The van der Waals surface area contributed by atoms with Gasteiger partial charge in [0.1, 0.15) is 0 Å². The summed E-state index contributed by atoms with van der Waals surface area (Å²) in [7, 11) is 0. The van der Waals surface area contributed by atoms with Crippen molar-refractivity contribution in [2.75, 3.05) is 26.2 Å². The highest BCUT2D eigenvalue weighted by molar-refractivity contribution is 9.09. The first-order valence-corrected chi connectivity index (χ1v) is 8.28. The predicted molar refractivity (Wildman–Crippen MR) is 85.0 cm³/mol. The van der Waals surface area contributed by atoms with Gasteiger partial charge in [0.15, 0.2) is 0 Å². The van der Waals surface area contributed by atoms with Gasteiger partial charge in [-0.1, -0.05) is 28.4 Å². The zero-order valence-electron chi connectivity index (χ0n) is 11.2. The molecule has 0 aromatic rings. The normalized spacial score (nSPS) is 37.0. The molecule has 2 aliphatic heterocycles. The summed E-state index contributed by atoms with van der Waals surface area (Å²) in [6.07, 6.45) is 8.04. The first-order chi connectivity index (χ1) is 8.83. The lowest BCUT2D eigenvalue weighted by Crippen LogP contribution is -2.40. The van der Waals surface area contributed by atoms with Gasteiger partial charge in [0.25, 0.3) is 0 Å². The molecule has 2 aliphatic carbocycles. The third kappa shape index (κ3) is 2.28. The maximum Gasteiger partial charge on any atom is 0.0404 e. The molecular weight excluding hydrogens is 324 g/mol. The number of allylic oxidation sites excluding steroid dienone is 2. The lowest BCUT2D eigenvalue weighted by Gasteiger charge is -2.42. The topological polar surface area (TPSA) is 15.3 Å². The molecule has 4 heteroatoms. The molecule has 2 heterocycles. The van der Waals surface area contributed by atoms with Crippen molar-refractivity contribution in [3.8, 4) is 0 Å². The van der Waals surface area contributed by atoms with Gasteiger partial charge in [0.05, 0.1) is 0 Å². The molecule has 2 nitrogen and oxygen atoms in total. The van der Waals surface area contributed by atoms with Gasteiger partial charge in [-0.25, -0.2) is 0 Å². The van der Waals surface area contributed by atoms with Crippen LogP contribution in [-0.4, -0.2) is 35.9 Å². The van der Waals surface area contributed by atoms with Crippen LogP contribution in [0.1, 0.15) is 25.7 Å². The van der Waals surface area contributed by atoms with Gasteiger partial charge in [-0.15, -0.1) is 12.4 Å². The Hall–Kier alpha value is 0.01000. The molecule has 0 aromatic heterocycles. The fourth-order valence-corrected chi connectivity index (χ4v) is 5.14. The summed E-state index contributed by atoms with van der Waals surface area (Å²) in [6, 6.07) is 0. The van der Waals surface area contributed by atoms with E-state index in [1.807, 2.05) is 0 Å². The lowest BCUT2D eigenvalue weighted by atomic mass is 9.77. The minimum atomic E-state index is 0. The fraction of sp³-hybridized carbons (Fsp3) is 0.733. The Balaban J connectivity index is 0.00000110. The minimum absolute atomic E-state index is 0. The van der Waals surface area contributed by atoms with Crippen LogP contribution in [0, 0.1) is 11.8 Å². The van der Waals surface area contributed by atoms with Crippen LogP contribution in [0.5, 0.6) is 0 Å². The van der Waals surface area contributed by atoms with E-state index in [0.717, 1.165) is 24.9 Å². The molecule has 1 saturated carbocycles. The molecule has 0 bridgehead atoms. The van der Waals surface area contributed by atoms with Crippen molar-refractivity contribution in [3.63, 3.8) is 0 Å². The zero-order valence-corrected chi connectivity index (χ0v) is 13.6. The van der Waals surface area contributed by atoms with Gasteiger partial charge >= 0.3 is 0 Å². The van der Waals surface area contributed by atoms with Crippen molar-refractivity contribution in [3.05, 3.63) is 22.9 Å². The third-order valence-electron chi connectivity index (χ3n) is 5.16. The number of halogens is 2. The average molecular weight is 346 g/mol. The van der Waals surface area contributed by atoms with E-state index in [0.29, 0.717) is 4.83 Å². The van der Waals surface area contributed by atoms with Crippen molar-refractivity contribution in [2.24, 2.45) is 11.8 Å². The molecular formula is C15H22BrClN2. The van der Waals surface area contributed by atoms with Crippen LogP contribution in [0.4, 0.5) is 0 Å². The second-order valence-corrected chi connectivity index (χ2v) is 7.38. The summed E-state index contributed by atoms with van der Waals surface area (Å²) in [5, 5.41) is 3.58. The molecule has 3 unspecified atom stereocenters. The van der Waals surface area contributed by atoms with Crippen molar-refractivity contribution in [2.45, 2.75) is 30.5 Å². The molecule has 4 aliphatic rings. The molecule has 19 heavy (non-hydrogen) atoms. The molecule has 106 valence electrons. The Morgan fingerprint density at radius 2 is 2.21 bits per heavy atom. The molecule has 0 spiro atoms. The number of alkyl halides is 1. The molecule has 3 atom stereocenters. The molecule has 4 rings (SSSR count). The molecule has 1 N–H and O–H groups in total. The van der Waals surface area contributed by atoms with Crippen molar-refractivity contribution in [1.82, 2.24) is 10.2 Å². The number of nitrogens with one attached hydrogen (secondary N) is 1. The summed E-state index contributed by atoms with van der Waals surface area (Å²) in [5.74, 6) is 1.85. The van der Waals surface area contributed by atoms with Crippen molar-refractivity contribution in [1.29, 1.82) is 0 Å². The maximum atomic E-state index is 3.84. The Labute approximate surface area is 130 Å². The highest BCUT2D eigenvalue weighted by Crippen LogP contribution is 2.48. The van der Waals surface area contributed by atoms with E-state index in [2.05, 4.69) is 32.2 Å². The first kappa shape index (κ1) is 14.0. The Morgan fingerprint density at radius 3 is 3.11 bits per heavy atom. The summed E-state index contributed by atoms with van der Waals surface area (Å²) in [5.41, 5.74) is 4.98. The van der Waals surface area contributed by atoms with Crippen LogP contribution in [0.3, 0.4) is 0 Å². The zero-order chi connectivity index (χ0) is 12.1. The third-order valence-corrected chi connectivity index (χ3v) is 5.75. The fourth-order valence-electron chi connectivity index (χ4n) is 4.47. The van der Waals surface area contributed by atoms with E-state index in [-0.39, 0.29) is 12.4 Å². The highest BCUT2D eigenvalue weighted by atomic mass is 79.9. The maximum absolute atomic E-state index is 3.84. The van der Waals surface area contributed by atoms with Crippen LogP contribution in [0.15, 0.2) is 22.9 Å². The summed E-state index contributed by atoms with van der Waals surface area (Å²) in [4.78, 5) is 3.25. The van der Waals surface area contributed by atoms with E-state index in [1.165, 1.54) is 38.8 Å². The second kappa shape index (κ2) is 5.42. The van der Waals surface area contributed by atoms with Crippen LogP contribution in [0.2, 0.25) is 0 Å². The number of rotatable bonds is 0. The van der Waals surface area contributed by atoms with Gasteiger partial charge in [-0.2, -0.15) is 0 Å². The quantitative estimate of drug-likeness (QED) is 0.679. The molecule has 0 aromatic carbocycles. The Morgan fingerprint density at radius 1 is 1.32 bits per heavy atom. The lowest BCUT2D eigenvalue weighted by molar-refractivity contribution is 0.233. The predicted octanol–water partition coefficient (Wildman–Crippen LogP) is 3.09. The SMILES string of the molecule is BrC1C=C2CNCCN3CC4CCCC4C(=C23)C1.Cl. The summed E-state index contributed by atoms with van der Waals surface area (Å²) >= 11 is 3.84. The molecule has 0 amide bonds. The van der Waals surface area contributed by atoms with Gasteiger partial charge in [0.2, 0.25) is 0 Å². The van der Waals surface area contributed by atoms with E-state index in [1.54, 1.807) is 16.8 Å². The Kier molecular flexibility index (Phi) is 3.98. The van der Waals surface area contributed by atoms with Crippen molar-refractivity contribution >= 4 is 28.3 Å². The minimum Gasteiger partial charge on any atom is -0.370 e. The average Bonchev–Trinajstić information content (AvgIpc) is 2.73. The summed E-state index contributed by atoms with van der Waals surface area (Å²) in [6.45, 7) is 4.72. The van der Waals surface area contributed by atoms with Crippen LogP contribution in [0.25, 0.3) is 0 Å². The van der Waals surface area contributed by atoms with Gasteiger partial charge < -0.3 is 10.2 Å². The van der Waals surface area contributed by atoms with Crippen LogP contribution >= 0.6 is 28.3 Å². The number of hydrogen-bond donors (Lipinski definition) is 1. The largest absolute Gasteiger partial charge is 0.370 e. The second-order valence-electron chi connectivity index (χ2n) is 6.21. The molecule has 0 radical (unpaired) electrons. The van der Waals surface area contributed by atoms with Gasteiger partial charge in [0, 0.05) is 36.7 Å². The number of fused-ring (bicyclic) bond motifs is 2. The van der Waals surface area contributed by atoms with E-state index >= 15 is 0 Å². The van der Waals surface area contributed by atoms with E-state index in [4.69, 9.17) is 0 Å². The summed E-state index contributed by atoms with van der Waals surface area (Å²) < 4.78 is 0. The standard InChI is InChI=1S/C15H21BrN2.ClH/c16-12-6-11-8-17-4-5-18-9-10-2-1-3-13(10)14(7-12)15(11)18;/h6,10,12-13,17H,1-5,7-9H2;1H. The van der Waals surface area contributed by atoms with Crippen LogP contribution in [-0.2, 0) is 0 Å². The van der Waals surface area contributed by atoms with Crippen molar-refractivity contribution < 1.29 is 0 Å². The van der Waals surface area contributed by atoms with E-state index in [9.17, 15) is 0 Å². The van der Waals surface area contributed by atoms with Crippen LogP contribution < -0.4 is 5.32 Å². The highest BCUT2D eigenvalue weighted by Gasteiger charge is 2.41. The van der Waals surface area contributed by atoms with Gasteiger partial charge in [-0.3, -0.25) is 0 Å². The number of nitrogens with zero attached hydrogens (tertiary/aromatic N) is 1. The first-order valence-electron chi connectivity index (χ1n) is 7.37.